The molecule has 0 radical (unpaired) electrons. The van der Waals surface area contributed by atoms with Crippen molar-refractivity contribution < 1.29 is 145 Å². The van der Waals surface area contributed by atoms with E-state index < -0.39 is 109 Å². The Balaban J connectivity index is -0.000000255. The quantitative estimate of drug-likeness (QED) is 0.0743. The van der Waals surface area contributed by atoms with Crippen LogP contribution in [0.15, 0.2) is 0 Å². The number of aliphatic carboxylic acids is 7. The van der Waals surface area contributed by atoms with Crippen molar-refractivity contribution in [2.45, 2.75) is 67.3 Å². The monoisotopic (exact) mass is 634 g/mol. The Kier molecular flexibility index (Phi) is 22.7. The van der Waals surface area contributed by atoms with E-state index in [-0.39, 0.29) is 29.6 Å². The Morgan fingerprint density at radius 1 is 0.500 bits per heavy atom. The van der Waals surface area contributed by atoms with E-state index in [1.54, 1.807) is 0 Å². The van der Waals surface area contributed by atoms with Crippen molar-refractivity contribution in [1.82, 2.24) is 0 Å². The standard InChI is InChI=1S/2C6H10O8.C6H8O7.Na/c2*7-1(3(9)5(11)12)2(8)4(10)6(13)14;7-3(8)1-6(13,5(11)12)2-4(9)10;/h2*1-4,7-10H,(H,11,12)(H,13,14);13H,1-2H2,(H,7,8)(H,9,10)(H,11,12);/q;;;+1/p-1/t2*1-,2-,3+,4+;;/m11../s1. The number of carbonyl (C=O) groups excluding carboxylic acids is 1. The average Bonchev–Trinajstić information content (AvgIpc) is 2.84. The third-order valence-corrected chi connectivity index (χ3v) is 4.28. The Morgan fingerprint density at radius 3 is 0.857 bits per heavy atom. The Morgan fingerprint density at radius 2 is 0.714 bits per heavy atom. The molecule has 0 heterocycles. The molecule has 0 saturated heterocycles. The van der Waals surface area contributed by atoms with Gasteiger partial charge in [-0.15, -0.1) is 0 Å². The van der Waals surface area contributed by atoms with Gasteiger partial charge in [-0.05, 0) is 0 Å². The Bertz CT molecular complexity index is 824. The summed E-state index contributed by atoms with van der Waals surface area (Å²) < 4.78 is 0. The van der Waals surface area contributed by atoms with E-state index in [1.165, 1.54) is 0 Å². The molecule has 0 amide bonds. The summed E-state index contributed by atoms with van der Waals surface area (Å²) >= 11 is 0. The fraction of sp³-hybridized carbons (Fsp3) is 0.611. The van der Waals surface area contributed by atoms with Crippen LogP contribution in [0.2, 0.25) is 0 Å². The molecule has 238 valence electrons. The molecular formula is C18H27NaO23. The maximum absolute atomic E-state index is 10.3. The third kappa shape index (κ3) is 17.0. The van der Waals surface area contributed by atoms with Gasteiger partial charge in [0.15, 0.2) is 23.9 Å². The van der Waals surface area contributed by atoms with Gasteiger partial charge in [0.1, 0.15) is 30.5 Å². The van der Waals surface area contributed by atoms with Crippen LogP contribution < -0.4 is 34.7 Å². The van der Waals surface area contributed by atoms with E-state index in [4.69, 9.17) is 76.6 Å². The number of hydrogen-bond donors (Lipinski definition) is 15. The van der Waals surface area contributed by atoms with E-state index in [0.29, 0.717) is 0 Å². The first kappa shape index (κ1) is 45.9. The molecular weight excluding hydrogens is 607 g/mol. The van der Waals surface area contributed by atoms with Crippen LogP contribution in [0, 0.1) is 0 Å². The summed E-state index contributed by atoms with van der Waals surface area (Å²) in [6.07, 6.45) is -21.1. The molecule has 0 rings (SSSR count). The zero-order valence-electron chi connectivity index (χ0n) is 21.0. The van der Waals surface area contributed by atoms with Crippen molar-refractivity contribution in [1.29, 1.82) is 0 Å². The van der Waals surface area contributed by atoms with Crippen molar-refractivity contribution >= 4 is 41.8 Å². The maximum atomic E-state index is 10.3. The summed E-state index contributed by atoms with van der Waals surface area (Å²) in [5.74, 6) is -12.6. The van der Waals surface area contributed by atoms with Crippen molar-refractivity contribution in [2.75, 3.05) is 0 Å². The van der Waals surface area contributed by atoms with Gasteiger partial charge < -0.3 is 86.5 Å². The zero-order valence-corrected chi connectivity index (χ0v) is 23.0. The zero-order chi connectivity index (χ0) is 33.6. The van der Waals surface area contributed by atoms with E-state index in [9.17, 15) is 38.7 Å². The molecule has 23 nitrogen and oxygen atoms in total. The van der Waals surface area contributed by atoms with Gasteiger partial charge in [-0.2, -0.15) is 0 Å². The molecule has 0 aliphatic heterocycles. The van der Waals surface area contributed by atoms with Crippen molar-refractivity contribution in [3.8, 4) is 0 Å². The van der Waals surface area contributed by atoms with Gasteiger partial charge in [-0.1, -0.05) is 0 Å². The van der Waals surface area contributed by atoms with Gasteiger partial charge in [0, 0.05) is 0 Å². The van der Waals surface area contributed by atoms with Gasteiger partial charge in [0.25, 0.3) is 0 Å². The molecule has 0 aromatic carbocycles. The number of hydrogen-bond acceptors (Lipinski definition) is 17. The fourth-order valence-electron chi connectivity index (χ4n) is 2.04. The molecule has 0 unspecified atom stereocenters. The summed E-state index contributed by atoms with van der Waals surface area (Å²) in [7, 11) is 0. The topological polar surface area (TPSA) is 446 Å². The summed E-state index contributed by atoms with van der Waals surface area (Å²) in [4.78, 5) is 70.7. The molecule has 0 aromatic rings. The smallest absolute Gasteiger partial charge is 0.547 e. The molecule has 0 bridgehead atoms. The number of aliphatic hydroxyl groups is 9. The normalized spacial score (nSPS) is 16.3. The van der Waals surface area contributed by atoms with Crippen molar-refractivity contribution in [3.05, 3.63) is 0 Å². The van der Waals surface area contributed by atoms with E-state index in [2.05, 4.69) is 0 Å². The van der Waals surface area contributed by atoms with Crippen LogP contribution in [0.3, 0.4) is 0 Å². The van der Waals surface area contributed by atoms with Crippen molar-refractivity contribution in [3.63, 3.8) is 0 Å². The first-order valence-electron chi connectivity index (χ1n) is 10.1. The molecule has 0 spiro atoms. The minimum atomic E-state index is -2.74. The molecule has 0 aromatic heterocycles. The molecule has 8 atom stereocenters. The Labute approximate surface area is 253 Å². The number of carboxylic acids is 7. The molecule has 0 saturated carbocycles. The van der Waals surface area contributed by atoms with Crippen LogP contribution in [0.1, 0.15) is 12.8 Å². The van der Waals surface area contributed by atoms with Crippen LogP contribution in [0.4, 0.5) is 0 Å². The van der Waals surface area contributed by atoms with Crippen LogP contribution >= 0.6 is 0 Å². The predicted molar refractivity (Wildman–Crippen MR) is 113 cm³/mol. The summed E-state index contributed by atoms with van der Waals surface area (Å²) in [5.41, 5.74) is -2.74. The number of carbonyl (C=O) groups is 7. The third-order valence-electron chi connectivity index (χ3n) is 4.28. The molecule has 0 fully saturated rings. The molecule has 42 heavy (non-hydrogen) atoms. The van der Waals surface area contributed by atoms with Gasteiger partial charge in [-0.3, -0.25) is 9.59 Å². The van der Waals surface area contributed by atoms with Crippen LogP contribution in [0.5, 0.6) is 0 Å². The molecule has 0 aliphatic rings. The number of aliphatic hydroxyl groups excluding tert-OH is 8. The minimum absolute atomic E-state index is 0. The molecule has 24 heteroatoms. The van der Waals surface area contributed by atoms with Gasteiger partial charge in [-0.25, -0.2) is 19.2 Å². The average molecular weight is 634 g/mol. The summed E-state index contributed by atoms with van der Waals surface area (Å²) in [6, 6.07) is 0. The first-order valence-corrected chi connectivity index (χ1v) is 10.1. The van der Waals surface area contributed by atoms with Gasteiger partial charge in [0.05, 0.1) is 18.8 Å². The summed E-state index contributed by atoms with van der Waals surface area (Å²) in [6.45, 7) is 0. The largest absolute Gasteiger partial charge is 1.00 e. The predicted octanol–water partition coefficient (Wildman–Crippen LogP) is -12.4. The Hall–Kier alpha value is -3.07. The van der Waals surface area contributed by atoms with Gasteiger partial charge in [0.2, 0.25) is 0 Å². The van der Waals surface area contributed by atoms with Gasteiger partial charge >= 0.3 is 65.4 Å². The second-order valence-electron chi connectivity index (χ2n) is 7.55. The van der Waals surface area contributed by atoms with Crippen LogP contribution in [-0.2, 0) is 33.6 Å². The SMILES string of the molecule is O=C(O)CC(O)(CC(=O)O)C(=O)O.O=C(O)[C@@H](O)[C@H](O)[C@@H](O)[C@H](O)C(=O)O.O=C([O-])[C@@H](O)[C@H](O)[C@@H](O)[C@H](O)C(=O)O.[Na+]. The summed E-state index contributed by atoms with van der Waals surface area (Å²) in [5, 5.41) is 138. The second-order valence-corrected chi connectivity index (χ2v) is 7.55. The van der Waals surface area contributed by atoms with Crippen LogP contribution in [-0.4, -0.2) is 173 Å². The maximum Gasteiger partial charge on any atom is 1.00 e. The molecule has 15 N–H and O–H groups in total. The van der Waals surface area contributed by atoms with Crippen LogP contribution in [0.25, 0.3) is 0 Å². The van der Waals surface area contributed by atoms with E-state index in [1.807, 2.05) is 0 Å². The van der Waals surface area contributed by atoms with E-state index >= 15 is 0 Å². The number of rotatable bonds is 15. The number of carboxylic acid groups (broad SMARTS) is 7. The first-order chi connectivity index (χ1) is 18.3. The minimum Gasteiger partial charge on any atom is -0.547 e. The van der Waals surface area contributed by atoms with Crippen molar-refractivity contribution in [2.24, 2.45) is 0 Å². The van der Waals surface area contributed by atoms with E-state index in [0.717, 1.165) is 0 Å². The fourth-order valence-corrected chi connectivity index (χ4v) is 2.04. The second kappa shape index (κ2) is 20.8. The molecule has 0 aliphatic carbocycles.